The average Bonchev–Trinajstić information content (AvgIpc) is 2.66. The Labute approximate surface area is 106 Å². The van der Waals surface area contributed by atoms with Crippen molar-refractivity contribution in [1.82, 2.24) is 4.98 Å². The van der Waals surface area contributed by atoms with Gasteiger partial charge in [-0.05, 0) is 34.1 Å². The van der Waals surface area contributed by atoms with Gasteiger partial charge in [-0.3, -0.25) is 4.72 Å². The Morgan fingerprint density at radius 1 is 1.38 bits per heavy atom. The summed E-state index contributed by atoms with van der Waals surface area (Å²) >= 11 is 4.36. The molecule has 84 valence electrons. The van der Waals surface area contributed by atoms with Crippen LogP contribution in [0.25, 0.3) is 0 Å². The molecule has 7 heteroatoms. The van der Waals surface area contributed by atoms with Crippen LogP contribution in [-0.2, 0) is 10.0 Å². The summed E-state index contributed by atoms with van der Waals surface area (Å²) in [7, 11) is -3.52. The third-order valence-electron chi connectivity index (χ3n) is 1.71. The highest BCUT2D eigenvalue weighted by Gasteiger charge is 2.16. The Hall–Kier alpha value is -0.920. The van der Waals surface area contributed by atoms with Crippen LogP contribution in [0.3, 0.4) is 0 Å². The quantitative estimate of drug-likeness (QED) is 0.946. The second-order valence-corrected chi connectivity index (χ2v) is 6.64. The second kappa shape index (κ2) is 4.52. The summed E-state index contributed by atoms with van der Waals surface area (Å²) < 4.78 is 27.1. The van der Waals surface area contributed by atoms with Gasteiger partial charge < -0.3 is 0 Å². The Morgan fingerprint density at radius 2 is 2.19 bits per heavy atom. The van der Waals surface area contributed by atoms with Crippen molar-refractivity contribution in [3.05, 3.63) is 40.3 Å². The molecule has 0 radical (unpaired) electrons. The topological polar surface area (TPSA) is 59.1 Å². The number of anilines is 1. The molecule has 0 amide bonds. The Bertz CT molecular complexity index is 581. The molecule has 2 heterocycles. The third-order valence-corrected chi connectivity index (χ3v) is 5.27. The molecule has 0 aliphatic heterocycles. The van der Waals surface area contributed by atoms with Gasteiger partial charge in [0.25, 0.3) is 10.0 Å². The lowest BCUT2D eigenvalue weighted by atomic mass is 10.5. The van der Waals surface area contributed by atoms with E-state index in [4.69, 9.17) is 0 Å². The minimum Gasteiger partial charge on any atom is -0.263 e. The molecule has 0 fully saturated rings. The standard InChI is InChI=1S/C9H7BrN2O2S2/c10-7-5-9(15-6-7)16(13,14)12-8-3-1-2-4-11-8/h1-6H,(H,11,12). The van der Waals surface area contributed by atoms with Crippen molar-refractivity contribution in [3.8, 4) is 0 Å². The molecule has 0 aliphatic carbocycles. The molecule has 2 aromatic rings. The van der Waals surface area contributed by atoms with Gasteiger partial charge in [0, 0.05) is 16.0 Å². The number of hydrogen-bond acceptors (Lipinski definition) is 4. The number of sulfonamides is 1. The van der Waals surface area contributed by atoms with Gasteiger partial charge in [-0.15, -0.1) is 11.3 Å². The lowest BCUT2D eigenvalue weighted by Gasteiger charge is -2.03. The third kappa shape index (κ3) is 2.60. The maximum absolute atomic E-state index is 11.9. The summed E-state index contributed by atoms with van der Waals surface area (Å²) in [5, 5.41) is 1.72. The van der Waals surface area contributed by atoms with Gasteiger partial charge >= 0.3 is 0 Å². The van der Waals surface area contributed by atoms with E-state index in [0.29, 0.717) is 5.82 Å². The largest absolute Gasteiger partial charge is 0.272 e. The molecule has 2 aromatic heterocycles. The summed E-state index contributed by atoms with van der Waals surface area (Å²) in [5.74, 6) is 0.312. The Kier molecular flexibility index (Phi) is 3.27. The normalized spacial score (nSPS) is 11.3. The van der Waals surface area contributed by atoms with Gasteiger partial charge in [-0.25, -0.2) is 13.4 Å². The fourth-order valence-corrected chi connectivity index (χ4v) is 3.91. The van der Waals surface area contributed by atoms with Gasteiger partial charge in [0.1, 0.15) is 10.0 Å². The van der Waals surface area contributed by atoms with Gasteiger partial charge in [0.2, 0.25) is 0 Å². The van der Waals surface area contributed by atoms with Gasteiger partial charge in [0.15, 0.2) is 0 Å². The van der Waals surface area contributed by atoms with Crippen LogP contribution in [0.15, 0.2) is 44.5 Å². The second-order valence-electron chi connectivity index (χ2n) is 2.90. The average molecular weight is 319 g/mol. The molecule has 16 heavy (non-hydrogen) atoms. The molecule has 0 atom stereocenters. The number of pyridine rings is 1. The van der Waals surface area contributed by atoms with Crippen LogP contribution >= 0.6 is 27.3 Å². The van der Waals surface area contributed by atoms with Crippen LogP contribution < -0.4 is 4.72 Å². The maximum Gasteiger partial charge on any atom is 0.272 e. The van der Waals surface area contributed by atoms with Crippen molar-refractivity contribution in [2.45, 2.75) is 4.21 Å². The van der Waals surface area contributed by atoms with Crippen molar-refractivity contribution >= 4 is 43.1 Å². The predicted molar refractivity (Wildman–Crippen MR) is 67.1 cm³/mol. The molecule has 2 rings (SSSR count). The molecule has 0 saturated carbocycles. The van der Waals surface area contributed by atoms with Crippen molar-refractivity contribution in [3.63, 3.8) is 0 Å². The van der Waals surface area contributed by atoms with Crippen LogP contribution in [-0.4, -0.2) is 13.4 Å². The van der Waals surface area contributed by atoms with E-state index in [1.807, 2.05) is 0 Å². The molecule has 0 unspecified atom stereocenters. The van der Waals surface area contributed by atoms with E-state index in [1.54, 1.807) is 29.6 Å². The predicted octanol–water partition coefficient (Wildman–Crippen LogP) is 2.71. The fraction of sp³-hybridized carbons (Fsp3) is 0. The summed E-state index contributed by atoms with van der Waals surface area (Å²) in [5.41, 5.74) is 0. The highest BCUT2D eigenvalue weighted by Crippen LogP contribution is 2.25. The number of aromatic nitrogens is 1. The van der Waals surface area contributed by atoms with Gasteiger partial charge in [-0.1, -0.05) is 6.07 Å². The van der Waals surface area contributed by atoms with Crippen LogP contribution in [0, 0.1) is 0 Å². The van der Waals surface area contributed by atoms with Crippen molar-refractivity contribution < 1.29 is 8.42 Å². The van der Waals surface area contributed by atoms with E-state index in [9.17, 15) is 8.42 Å². The molecular weight excluding hydrogens is 312 g/mol. The fourth-order valence-electron chi connectivity index (χ4n) is 1.05. The zero-order valence-electron chi connectivity index (χ0n) is 7.92. The van der Waals surface area contributed by atoms with Crippen LogP contribution in [0.4, 0.5) is 5.82 Å². The highest BCUT2D eigenvalue weighted by molar-refractivity contribution is 9.10. The van der Waals surface area contributed by atoms with E-state index >= 15 is 0 Å². The summed E-state index contributed by atoms with van der Waals surface area (Å²) in [6, 6.07) is 6.59. The summed E-state index contributed by atoms with van der Waals surface area (Å²) in [4.78, 5) is 3.90. The van der Waals surface area contributed by atoms with Crippen molar-refractivity contribution in [1.29, 1.82) is 0 Å². The number of thiophene rings is 1. The van der Waals surface area contributed by atoms with E-state index in [-0.39, 0.29) is 4.21 Å². The molecule has 0 bridgehead atoms. The van der Waals surface area contributed by atoms with Gasteiger partial charge in [0.05, 0.1) is 0 Å². The molecule has 4 nitrogen and oxygen atoms in total. The first-order valence-corrected chi connectivity index (χ1v) is 7.41. The molecule has 0 aromatic carbocycles. The minimum atomic E-state index is -3.52. The van der Waals surface area contributed by atoms with Crippen LogP contribution in [0.2, 0.25) is 0 Å². The summed E-state index contributed by atoms with van der Waals surface area (Å²) in [6.45, 7) is 0. The number of nitrogens with zero attached hydrogens (tertiary/aromatic N) is 1. The molecule has 0 spiro atoms. The number of hydrogen-bond donors (Lipinski definition) is 1. The van der Waals surface area contributed by atoms with E-state index in [1.165, 1.54) is 6.20 Å². The number of rotatable bonds is 3. The van der Waals surface area contributed by atoms with E-state index in [2.05, 4.69) is 25.6 Å². The number of halogens is 1. The summed E-state index contributed by atoms with van der Waals surface area (Å²) in [6.07, 6.45) is 1.53. The maximum atomic E-state index is 11.9. The van der Waals surface area contributed by atoms with E-state index < -0.39 is 10.0 Å². The molecule has 0 saturated heterocycles. The van der Waals surface area contributed by atoms with Crippen LogP contribution in [0.1, 0.15) is 0 Å². The lowest BCUT2D eigenvalue weighted by molar-refractivity contribution is 0.603. The molecule has 1 N–H and O–H groups in total. The highest BCUT2D eigenvalue weighted by atomic mass is 79.9. The van der Waals surface area contributed by atoms with Crippen molar-refractivity contribution in [2.24, 2.45) is 0 Å². The zero-order valence-corrected chi connectivity index (χ0v) is 11.1. The van der Waals surface area contributed by atoms with E-state index in [0.717, 1.165) is 15.8 Å². The van der Waals surface area contributed by atoms with Crippen LogP contribution in [0.5, 0.6) is 0 Å². The Balaban J connectivity index is 2.28. The first-order chi connectivity index (χ1) is 7.58. The molecule has 0 aliphatic rings. The number of nitrogens with one attached hydrogen (secondary N) is 1. The smallest absolute Gasteiger partial charge is 0.263 e. The molecular formula is C9H7BrN2O2S2. The first kappa shape index (κ1) is 11.6. The van der Waals surface area contributed by atoms with Crippen molar-refractivity contribution in [2.75, 3.05) is 4.72 Å². The first-order valence-electron chi connectivity index (χ1n) is 4.26. The minimum absolute atomic E-state index is 0.255. The zero-order chi connectivity index (χ0) is 11.6. The Morgan fingerprint density at radius 3 is 2.75 bits per heavy atom. The SMILES string of the molecule is O=S(=O)(Nc1ccccn1)c1cc(Br)cs1. The monoisotopic (exact) mass is 318 g/mol. The lowest BCUT2D eigenvalue weighted by Crippen LogP contribution is -2.12. The van der Waals surface area contributed by atoms with Gasteiger partial charge in [-0.2, -0.15) is 0 Å².